The fourth-order valence-corrected chi connectivity index (χ4v) is 4.58. The number of anilines is 1. The molecule has 1 aromatic rings. The van der Waals surface area contributed by atoms with Gasteiger partial charge in [-0.2, -0.15) is 5.26 Å². The molecule has 0 radical (unpaired) electrons. The minimum absolute atomic E-state index is 0.143. The molecule has 0 N–H and O–H groups in total. The smallest absolute Gasteiger partial charge is 0.233 e. The molecule has 2 aliphatic heterocycles. The van der Waals surface area contributed by atoms with E-state index in [1.807, 2.05) is 6.07 Å². The molecule has 3 heterocycles. The van der Waals surface area contributed by atoms with E-state index in [0.717, 1.165) is 57.0 Å². The summed E-state index contributed by atoms with van der Waals surface area (Å²) in [5.74, 6) is 1.44. The van der Waals surface area contributed by atoms with Crippen LogP contribution in [0.1, 0.15) is 44.1 Å². The van der Waals surface area contributed by atoms with E-state index in [9.17, 15) is 10.1 Å². The highest BCUT2D eigenvalue weighted by Crippen LogP contribution is 2.42. The van der Waals surface area contributed by atoms with Gasteiger partial charge in [-0.15, -0.1) is 0 Å². The van der Waals surface area contributed by atoms with Crippen molar-refractivity contribution >= 4 is 11.6 Å². The first-order valence-corrected chi connectivity index (χ1v) is 9.60. The van der Waals surface area contributed by atoms with Crippen molar-refractivity contribution in [1.29, 1.82) is 5.26 Å². The molecule has 26 heavy (non-hydrogen) atoms. The van der Waals surface area contributed by atoms with Crippen molar-refractivity contribution in [2.45, 2.75) is 38.5 Å². The van der Waals surface area contributed by atoms with Gasteiger partial charge < -0.3 is 14.5 Å². The normalized spacial score (nSPS) is 26.1. The van der Waals surface area contributed by atoms with Crippen LogP contribution in [0.4, 0.5) is 5.69 Å². The van der Waals surface area contributed by atoms with Crippen LogP contribution in [0.2, 0.25) is 0 Å². The summed E-state index contributed by atoms with van der Waals surface area (Å²) >= 11 is 0. The number of hydrogen-bond donors (Lipinski definition) is 0. The SMILES string of the molecule is COc1nccc(N2CCC[C@]3(CCC(=O)N(CC4CC4)C3)C2)c1C#N. The fraction of sp³-hybridized carbons (Fsp3) is 0.650. The van der Waals surface area contributed by atoms with Crippen molar-refractivity contribution in [1.82, 2.24) is 9.88 Å². The first kappa shape index (κ1) is 17.1. The van der Waals surface area contributed by atoms with E-state index in [2.05, 4.69) is 20.9 Å². The number of likely N-dealkylation sites (tertiary alicyclic amines) is 1. The highest BCUT2D eigenvalue weighted by molar-refractivity contribution is 5.77. The second-order valence-corrected chi connectivity index (χ2v) is 8.07. The van der Waals surface area contributed by atoms with Crippen LogP contribution < -0.4 is 9.64 Å². The lowest BCUT2D eigenvalue weighted by Gasteiger charge is -2.49. The van der Waals surface area contributed by atoms with E-state index in [0.29, 0.717) is 23.8 Å². The van der Waals surface area contributed by atoms with Gasteiger partial charge in [0.1, 0.15) is 11.6 Å². The molecule has 0 unspecified atom stereocenters. The van der Waals surface area contributed by atoms with Gasteiger partial charge in [0.05, 0.1) is 12.8 Å². The number of hydrogen-bond acceptors (Lipinski definition) is 5. The summed E-state index contributed by atoms with van der Waals surface area (Å²) in [6, 6.07) is 4.17. The van der Waals surface area contributed by atoms with Crippen molar-refractivity contribution in [3.05, 3.63) is 17.8 Å². The number of nitrogens with zero attached hydrogens (tertiary/aromatic N) is 4. The van der Waals surface area contributed by atoms with Gasteiger partial charge in [0.15, 0.2) is 0 Å². The van der Waals surface area contributed by atoms with Gasteiger partial charge in [-0.25, -0.2) is 4.98 Å². The van der Waals surface area contributed by atoms with Crippen LogP contribution in [0.3, 0.4) is 0 Å². The number of amides is 1. The quantitative estimate of drug-likeness (QED) is 0.831. The second-order valence-electron chi connectivity index (χ2n) is 8.07. The lowest BCUT2D eigenvalue weighted by Crippen LogP contribution is -2.54. The number of ether oxygens (including phenoxy) is 1. The number of aromatic nitrogens is 1. The Balaban J connectivity index is 1.56. The summed E-state index contributed by atoms with van der Waals surface area (Å²) in [5, 5.41) is 9.60. The minimum Gasteiger partial charge on any atom is -0.480 e. The molecule has 138 valence electrons. The molecule has 3 aliphatic rings. The highest BCUT2D eigenvalue weighted by atomic mass is 16.5. The van der Waals surface area contributed by atoms with Crippen molar-refractivity contribution in [2.75, 3.05) is 38.2 Å². The lowest BCUT2D eigenvalue weighted by molar-refractivity contribution is -0.138. The van der Waals surface area contributed by atoms with Crippen LogP contribution in [0.15, 0.2) is 12.3 Å². The topological polar surface area (TPSA) is 69.5 Å². The van der Waals surface area contributed by atoms with Gasteiger partial charge in [0.25, 0.3) is 0 Å². The zero-order valence-electron chi connectivity index (χ0n) is 15.4. The minimum atomic E-state index is 0.143. The molecule has 1 spiro atoms. The number of rotatable bonds is 4. The Morgan fingerprint density at radius 2 is 2.23 bits per heavy atom. The van der Waals surface area contributed by atoms with Gasteiger partial charge in [-0.3, -0.25) is 4.79 Å². The molecule has 4 rings (SSSR count). The number of carbonyl (C=O) groups excluding carboxylic acids is 1. The summed E-state index contributed by atoms with van der Waals surface area (Å²) in [5.41, 5.74) is 1.56. The van der Waals surface area contributed by atoms with Crippen LogP contribution in [0.25, 0.3) is 0 Å². The second kappa shape index (κ2) is 6.79. The van der Waals surface area contributed by atoms with Gasteiger partial charge in [0.2, 0.25) is 11.8 Å². The molecule has 1 atom stereocenters. The molecule has 3 fully saturated rings. The maximum absolute atomic E-state index is 12.4. The van der Waals surface area contributed by atoms with Gasteiger partial charge >= 0.3 is 0 Å². The third-order valence-corrected chi connectivity index (χ3v) is 6.13. The molecular weight excluding hydrogens is 328 g/mol. The van der Waals surface area contributed by atoms with Crippen LogP contribution in [-0.4, -0.2) is 49.1 Å². The first-order chi connectivity index (χ1) is 12.6. The molecule has 2 saturated heterocycles. The van der Waals surface area contributed by atoms with Crippen LogP contribution in [-0.2, 0) is 4.79 Å². The first-order valence-electron chi connectivity index (χ1n) is 9.60. The van der Waals surface area contributed by atoms with E-state index in [4.69, 9.17) is 4.74 Å². The summed E-state index contributed by atoms with van der Waals surface area (Å²) < 4.78 is 5.27. The summed E-state index contributed by atoms with van der Waals surface area (Å²) in [6.07, 6.45) is 8.10. The average molecular weight is 354 g/mol. The maximum Gasteiger partial charge on any atom is 0.233 e. The van der Waals surface area contributed by atoms with Gasteiger partial charge in [0, 0.05) is 44.2 Å². The Kier molecular flexibility index (Phi) is 4.47. The maximum atomic E-state index is 12.4. The molecule has 1 aromatic heterocycles. The number of nitriles is 1. The molecule has 0 bridgehead atoms. The lowest BCUT2D eigenvalue weighted by atomic mass is 9.73. The molecule has 1 amide bonds. The molecule has 6 nitrogen and oxygen atoms in total. The van der Waals surface area contributed by atoms with Gasteiger partial charge in [-0.05, 0) is 44.1 Å². The van der Waals surface area contributed by atoms with Crippen molar-refractivity contribution in [3.8, 4) is 11.9 Å². The highest BCUT2D eigenvalue weighted by Gasteiger charge is 2.43. The largest absolute Gasteiger partial charge is 0.480 e. The van der Waals surface area contributed by atoms with Crippen molar-refractivity contribution in [2.24, 2.45) is 11.3 Å². The predicted octanol–water partition coefficient (Wildman–Crippen LogP) is 2.58. The Bertz CT molecular complexity index is 740. The third-order valence-electron chi connectivity index (χ3n) is 6.13. The molecule has 0 aromatic carbocycles. The predicted molar refractivity (Wildman–Crippen MR) is 97.9 cm³/mol. The monoisotopic (exact) mass is 354 g/mol. The Morgan fingerprint density at radius 3 is 2.96 bits per heavy atom. The van der Waals surface area contributed by atoms with E-state index in [1.54, 1.807) is 13.3 Å². The van der Waals surface area contributed by atoms with E-state index in [1.165, 1.54) is 12.8 Å². The number of piperidine rings is 2. The van der Waals surface area contributed by atoms with E-state index < -0.39 is 0 Å². The molecule has 6 heteroatoms. The summed E-state index contributed by atoms with van der Waals surface area (Å²) in [6.45, 7) is 3.62. The van der Waals surface area contributed by atoms with Crippen molar-refractivity contribution in [3.63, 3.8) is 0 Å². The van der Waals surface area contributed by atoms with E-state index >= 15 is 0 Å². The number of carbonyl (C=O) groups is 1. The standard InChI is InChI=1S/C20H26N4O2/c1-26-19-16(11-21)17(6-9-22-19)23-10-2-7-20(13-23)8-5-18(25)24(14-20)12-15-3-4-15/h6,9,15H,2-5,7-8,10,12-14H2,1H3/t20-/m0/s1. The van der Waals surface area contributed by atoms with Crippen LogP contribution in [0, 0.1) is 22.7 Å². The van der Waals surface area contributed by atoms with Crippen LogP contribution >= 0.6 is 0 Å². The Morgan fingerprint density at radius 1 is 1.38 bits per heavy atom. The number of pyridine rings is 1. The zero-order chi connectivity index (χ0) is 18.1. The fourth-order valence-electron chi connectivity index (χ4n) is 4.58. The average Bonchev–Trinajstić information content (AvgIpc) is 3.48. The summed E-state index contributed by atoms with van der Waals surface area (Å²) in [4.78, 5) is 20.9. The van der Waals surface area contributed by atoms with Gasteiger partial charge in [-0.1, -0.05) is 0 Å². The van der Waals surface area contributed by atoms with Crippen molar-refractivity contribution < 1.29 is 9.53 Å². The summed E-state index contributed by atoms with van der Waals surface area (Å²) in [7, 11) is 1.55. The Hall–Kier alpha value is -2.29. The molecular formula is C20H26N4O2. The van der Waals surface area contributed by atoms with E-state index in [-0.39, 0.29) is 5.41 Å². The zero-order valence-corrected chi connectivity index (χ0v) is 15.4. The third kappa shape index (κ3) is 3.23. The number of methoxy groups -OCH3 is 1. The molecule has 1 saturated carbocycles. The Labute approximate surface area is 154 Å². The molecule has 1 aliphatic carbocycles. The van der Waals surface area contributed by atoms with Crippen LogP contribution in [0.5, 0.6) is 5.88 Å².